The summed E-state index contributed by atoms with van der Waals surface area (Å²) < 4.78 is 27.6. The second-order valence-corrected chi connectivity index (χ2v) is 8.90. The molecule has 8 nitrogen and oxygen atoms in total. The Labute approximate surface area is 214 Å². The Kier molecular flexibility index (Phi) is 9.87. The van der Waals surface area contributed by atoms with Crippen molar-refractivity contribution in [2.45, 2.75) is 45.4 Å². The van der Waals surface area contributed by atoms with Crippen LogP contribution in [0, 0.1) is 11.6 Å². The van der Waals surface area contributed by atoms with Crippen LogP contribution in [0.5, 0.6) is 0 Å². The first-order valence-electron chi connectivity index (χ1n) is 12.2. The number of rotatable bonds is 12. The van der Waals surface area contributed by atoms with Crippen LogP contribution in [0.3, 0.4) is 0 Å². The molecule has 37 heavy (non-hydrogen) atoms. The number of nitrogens with one attached hydrogen (secondary N) is 3. The number of H-pyrrole nitrogens is 1. The van der Waals surface area contributed by atoms with Crippen molar-refractivity contribution in [3.63, 3.8) is 0 Å². The van der Waals surface area contributed by atoms with Crippen LogP contribution < -0.4 is 21.1 Å². The number of aliphatic hydroxyl groups is 1. The van der Waals surface area contributed by atoms with Crippen molar-refractivity contribution in [2.24, 2.45) is 0 Å². The van der Waals surface area contributed by atoms with Gasteiger partial charge in [0.05, 0.1) is 12.1 Å². The van der Waals surface area contributed by atoms with Crippen LogP contribution in [-0.4, -0.2) is 53.3 Å². The van der Waals surface area contributed by atoms with E-state index in [1.165, 1.54) is 11.8 Å². The summed E-state index contributed by atoms with van der Waals surface area (Å²) in [6, 6.07) is 10.1. The maximum Gasteiger partial charge on any atom is 0.265 e. The largest absolute Gasteiger partial charge is 0.390 e. The third kappa shape index (κ3) is 7.93. The average Bonchev–Trinajstić information content (AvgIpc) is 2.87. The number of hydrogen-bond donors (Lipinski definition) is 4. The molecule has 0 unspecified atom stereocenters. The Morgan fingerprint density at radius 3 is 2.46 bits per heavy atom. The maximum atomic E-state index is 13.8. The van der Waals surface area contributed by atoms with Gasteiger partial charge < -0.3 is 20.6 Å². The summed E-state index contributed by atoms with van der Waals surface area (Å²) in [6.45, 7) is 5.12. The van der Waals surface area contributed by atoms with Crippen LogP contribution in [0.2, 0.25) is 0 Å². The molecular formula is C27H33F2N5O3. The minimum absolute atomic E-state index is 0.0590. The molecule has 0 bridgehead atoms. The summed E-state index contributed by atoms with van der Waals surface area (Å²) in [5, 5.41) is 16.7. The Hall–Kier alpha value is -3.63. The fourth-order valence-corrected chi connectivity index (χ4v) is 3.87. The molecule has 0 aliphatic rings. The zero-order valence-corrected chi connectivity index (χ0v) is 21.2. The van der Waals surface area contributed by atoms with Crippen LogP contribution in [-0.2, 0) is 19.4 Å². The molecule has 0 saturated heterocycles. The minimum atomic E-state index is -1.12. The van der Waals surface area contributed by atoms with Crippen molar-refractivity contribution in [1.82, 2.24) is 20.6 Å². The zero-order chi connectivity index (χ0) is 26.9. The summed E-state index contributed by atoms with van der Waals surface area (Å²) >= 11 is 0. The van der Waals surface area contributed by atoms with Gasteiger partial charge in [0.2, 0.25) is 5.95 Å². The fourth-order valence-electron chi connectivity index (χ4n) is 3.87. The molecule has 0 aliphatic carbocycles. The van der Waals surface area contributed by atoms with Gasteiger partial charge in [0.1, 0.15) is 17.2 Å². The molecule has 0 saturated carbocycles. The number of aromatic nitrogens is 2. The predicted molar refractivity (Wildman–Crippen MR) is 139 cm³/mol. The van der Waals surface area contributed by atoms with E-state index in [0.717, 1.165) is 30.2 Å². The van der Waals surface area contributed by atoms with E-state index in [2.05, 4.69) is 33.6 Å². The van der Waals surface area contributed by atoms with Crippen LogP contribution >= 0.6 is 0 Å². The van der Waals surface area contributed by atoms with Crippen molar-refractivity contribution in [2.75, 3.05) is 25.0 Å². The highest BCUT2D eigenvalue weighted by Gasteiger charge is 2.24. The Balaban J connectivity index is 1.75. The van der Waals surface area contributed by atoms with Gasteiger partial charge in [-0.15, -0.1) is 0 Å². The number of hydrogen-bond acceptors (Lipinski definition) is 6. The van der Waals surface area contributed by atoms with Crippen molar-refractivity contribution in [3.8, 4) is 0 Å². The standard InChI is InChI=1S/C27H33F2N5O3/c1-4-17-7-6-8-18(9-17)14-30-16-24(35)23(12-19-10-20(28)13-21(29)11-19)32-25(36)22-15-31-27(33-26(22)37)34(3)5-2/h6-11,13,15,23-24,30,35H,4-5,12,14,16H2,1-3H3,(H,32,36)(H,31,33,37)/t23-,24-/m0/s1. The van der Waals surface area contributed by atoms with E-state index in [1.54, 1.807) is 11.9 Å². The van der Waals surface area contributed by atoms with Crippen LogP contribution in [0.1, 0.15) is 40.9 Å². The number of aryl methyl sites for hydroxylation is 1. The topological polar surface area (TPSA) is 110 Å². The van der Waals surface area contributed by atoms with Crippen LogP contribution in [0.25, 0.3) is 0 Å². The third-order valence-corrected chi connectivity index (χ3v) is 6.11. The van der Waals surface area contributed by atoms with E-state index in [1.807, 2.05) is 25.1 Å². The first-order valence-corrected chi connectivity index (χ1v) is 12.2. The average molecular weight is 514 g/mol. The number of anilines is 1. The van der Waals surface area contributed by atoms with Gasteiger partial charge in [-0.3, -0.25) is 14.6 Å². The van der Waals surface area contributed by atoms with Crippen molar-refractivity contribution in [3.05, 3.63) is 92.9 Å². The molecule has 1 heterocycles. The second kappa shape index (κ2) is 13.1. The molecule has 1 amide bonds. The lowest BCUT2D eigenvalue weighted by Gasteiger charge is -2.25. The second-order valence-electron chi connectivity index (χ2n) is 8.90. The van der Waals surface area contributed by atoms with E-state index < -0.39 is 35.2 Å². The Bertz CT molecular complexity index is 1250. The predicted octanol–water partition coefficient (Wildman–Crippen LogP) is 2.56. The first kappa shape index (κ1) is 27.9. The third-order valence-electron chi connectivity index (χ3n) is 6.11. The lowest BCUT2D eigenvalue weighted by Crippen LogP contribution is -2.49. The monoisotopic (exact) mass is 513 g/mol. The Morgan fingerprint density at radius 2 is 1.81 bits per heavy atom. The van der Waals surface area contributed by atoms with Crippen LogP contribution in [0.4, 0.5) is 14.7 Å². The lowest BCUT2D eigenvalue weighted by molar-refractivity contribution is 0.0828. The SMILES string of the molecule is CCc1cccc(CNC[C@H](O)[C@H](Cc2cc(F)cc(F)c2)NC(=O)c2cnc(N(C)CC)[nH]c2=O)c1. The molecule has 10 heteroatoms. The van der Waals surface area contributed by atoms with Gasteiger partial charge in [0, 0.05) is 38.9 Å². The van der Waals surface area contributed by atoms with Gasteiger partial charge in [0.25, 0.3) is 11.5 Å². The van der Waals surface area contributed by atoms with Gasteiger partial charge in [-0.25, -0.2) is 13.8 Å². The van der Waals surface area contributed by atoms with Gasteiger partial charge in [-0.1, -0.05) is 31.2 Å². The van der Waals surface area contributed by atoms with Crippen molar-refractivity contribution in [1.29, 1.82) is 0 Å². The molecule has 2 aromatic carbocycles. The molecule has 3 aromatic rings. The molecule has 2 atom stereocenters. The number of aliphatic hydroxyl groups excluding tert-OH is 1. The summed E-state index contributed by atoms with van der Waals surface area (Å²) in [7, 11) is 1.74. The molecule has 198 valence electrons. The fraction of sp³-hybridized carbons (Fsp3) is 0.370. The Morgan fingerprint density at radius 1 is 1.11 bits per heavy atom. The summed E-state index contributed by atoms with van der Waals surface area (Å²) in [5.74, 6) is -1.97. The summed E-state index contributed by atoms with van der Waals surface area (Å²) in [6.07, 6.45) is 0.886. The molecule has 0 radical (unpaired) electrons. The minimum Gasteiger partial charge on any atom is -0.390 e. The number of benzene rings is 2. The number of halogens is 2. The van der Waals surface area contributed by atoms with Gasteiger partial charge in [-0.05, 0) is 48.6 Å². The van der Waals surface area contributed by atoms with Gasteiger partial charge >= 0.3 is 0 Å². The number of carbonyl (C=O) groups excluding carboxylic acids is 1. The van der Waals surface area contributed by atoms with E-state index in [0.29, 0.717) is 19.0 Å². The molecule has 0 spiro atoms. The van der Waals surface area contributed by atoms with Crippen LogP contribution in [0.15, 0.2) is 53.5 Å². The first-order chi connectivity index (χ1) is 17.7. The highest BCUT2D eigenvalue weighted by molar-refractivity contribution is 5.93. The molecular weight excluding hydrogens is 480 g/mol. The lowest BCUT2D eigenvalue weighted by atomic mass is 10.00. The van der Waals surface area contributed by atoms with E-state index in [-0.39, 0.29) is 24.1 Å². The summed E-state index contributed by atoms with van der Waals surface area (Å²) in [5.41, 5.74) is 1.61. The molecule has 0 aliphatic heterocycles. The molecule has 1 aromatic heterocycles. The van der Waals surface area contributed by atoms with E-state index in [4.69, 9.17) is 0 Å². The number of nitrogens with zero attached hydrogens (tertiary/aromatic N) is 2. The summed E-state index contributed by atoms with van der Waals surface area (Å²) in [4.78, 5) is 33.9. The van der Waals surface area contributed by atoms with Gasteiger partial charge in [-0.2, -0.15) is 0 Å². The van der Waals surface area contributed by atoms with Crippen molar-refractivity contribution >= 4 is 11.9 Å². The molecule has 0 fully saturated rings. The quantitative estimate of drug-likeness (QED) is 0.296. The molecule has 3 rings (SSSR count). The number of aromatic amines is 1. The highest BCUT2D eigenvalue weighted by Crippen LogP contribution is 2.13. The van der Waals surface area contributed by atoms with Gasteiger partial charge in [0.15, 0.2) is 0 Å². The maximum absolute atomic E-state index is 13.8. The van der Waals surface area contributed by atoms with Crippen molar-refractivity contribution < 1.29 is 18.7 Å². The zero-order valence-electron chi connectivity index (χ0n) is 21.2. The normalized spacial score (nSPS) is 12.7. The number of carbonyl (C=O) groups is 1. The van der Waals surface area contributed by atoms with E-state index >= 15 is 0 Å². The number of amides is 1. The highest BCUT2D eigenvalue weighted by atomic mass is 19.1. The molecule has 4 N–H and O–H groups in total. The van der Waals surface area contributed by atoms with E-state index in [9.17, 15) is 23.5 Å². The smallest absolute Gasteiger partial charge is 0.265 e.